The van der Waals surface area contributed by atoms with E-state index < -0.39 is 0 Å². The molecule has 2 heterocycles. The van der Waals surface area contributed by atoms with Crippen molar-refractivity contribution in [2.45, 2.75) is 30.6 Å². The zero-order valence-electron chi connectivity index (χ0n) is 8.84. The van der Waals surface area contributed by atoms with Crippen molar-refractivity contribution in [2.75, 3.05) is 12.8 Å². The van der Waals surface area contributed by atoms with Gasteiger partial charge >= 0.3 is 0 Å². The summed E-state index contributed by atoms with van der Waals surface area (Å²) in [5.74, 6) is 1.30. The van der Waals surface area contributed by atoms with Crippen molar-refractivity contribution in [2.24, 2.45) is 0 Å². The molecule has 1 saturated heterocycles. The molecule has 0 saturated carbocycles. The maximum absolute atomic E-state index is 3.43. The number of aromatic nitrogens is 1. The molecule has 1 aromatic rings. The van der Waals surface area contributed by atoms with Crippen LogP contribution in [0.15, 0.2) is 18.3 Å². The van der Waals surface area contributed by atoms with Crippen LogP contribution in [0.3, 0.4) is 0 Å². The molecule has 2 rings (SSSR count). The van der Waals surface area contributed by atoms with Gasteiger partial charge in [0.2, 0.25) is 0 Å². The van der Waals surface area contributed by atoms with Gasteiger partial charge in [-0.2, -0.15) is 11.8 Å². The van der Waals surface area contributed by atoms with E-state index in [4.69, 9.17) is 0 Å². The van der Waals surface area contributed by atoms with E-state index in [1.54, 1.807) is 0 Å². The summed E-state index contributed by atoms with van der Waals surface area (Å²) in [4.78, 5) is 3.31. The summed E-state index contributed by atoms with van der Waals surface area (Å²) in [7, 11) is 2.05. The highest BCUT2D eigenvalue weighted by atomic mass is 32.2. The SMILES string of the molecule is CNC(c1ccc[nH]1)C1(C)CCCS1. The summed E-state index contributed by atoms with van der Waals surface area (Å²) in [5, 5.41) is 3.43. The molecular weight excluding hydrogens is 192 g/mol. The highest BCUT2D eigenvalue weighted by Gasteiger charge is 2.38. The molecule has 2 unspecified atom stereocenters. The lowest BCUT2D eigenvalue weighted by Gasteiger charge is -2.32. The quantitative estimate of drug-likeness (QED) is 0.802. The number of H-pyrrole nitrogens is 1. The van der Waals surface area contributed by atoms with Crippen molar-refractivity contribution in [3.63, 3.8) is 0 Å². The average Bonchev–Trinajstić information content (AvgIpc) is 2.78. The fourth-order valence-corrected chi connectivity index (χ4v) is 3.80. The lowest BCUT2D eigenvalue weighted by molar-refractivity contribution is 0.433. The Labute approximate surface area is 89.9 Å². The fraction of sp³-hybridized carbons (Fsp3) is 0.636. The van der Waals surface area contributed by atoms with E-state index in [-0.39, 0.29) is 0 Å². The van der Waals surface area contributed by atoms with Crippen LogP contribution < -0.4 is 5.32 Å². The number of hydrogen-bond donors (Lipinski definition) is 2. The van der Waals surface area contributed by atoms with Crippen LogP contribution in [0.1, 0.15) is 31.5 Å². The van der Waals surface area contributed by atoms with Gasteiger partial charge in [-0.3, -0.25) is 0 Å². The Balaban J connectivity index is 2.20. The summed E-state index contributed by atoms with van der Waals surface area (Å²) in [6.45, 7) is 2.37. The van der Waals surface area contributed by atoms with E-state index in [9.17, 15) is 0 Å². The van der Waals surface area contributed by atoms with E-state index in [0.29, 0.717) is 10.8 Å². The van der Waals surface area contributed by atoms with Gasteiger partial charge in [-0.05, 0) is 44.7 Å². The summed E-state index contributed by atoms with van der Waals surface area (Å²) < 4.78 is 0.361. The standard InChI is InChI=1S/C11H18N2S/c1-11(6-4-8-14-11)10(12-2)9-5-3-7-13-9/h3,5,7,10,12-13H,4,6,8H2,1-2H3. The maximum atomic E-state index is 3.43. The first-order valence-electron chi connectivity index (χ1n) is 5.21. The summed E-state index contributed by atoms with van der Waals surface area (Å²) in [6.07, 6.45) is 4.66. The van der Waals surface area contributed by atoms with Gasteiger partial charge in [-0.25, -0.2) is 0 Å². The largest absolute Gasteiger partial charge is 0.364 e. The van der Waals surface area contributed by atoms with Gasteiger partial charge in [0.15, 0.2) is 0 Å². The van der Waals surface area contributed by atoms with Crippen molar-refractivity contribution in [1.29, 1.82) is 0 Å². The molecule has 2 nitrogen and oxygen atoms in total. The van der Waals surface area contributed by atoms with Crippen LogP contribution in [-0.4, -0.2) is 22.5 Å². The van der Waals surface area contributed by atoms with Crippen LogP contribution in [0.4, 0.5) is 0 Å². The minimum atomic E-state index is 0.361. The molecule has 0 aliphatic carbocycles. The third-order valence-corrected chi connectivity index (χ3v) is 4.67. The van der Waals surface area contributed by atoms with Crippen molar-refractivity contribution in [1.82, 2.24) is 10.3 Å². The number of hydrogen-bond acceptors (Lipinski definition) is 2. The lowest BCUT2D eigenvalue weighted by Crippen LogP contribution is -2.35. The van der Waals surface area contributed by atoms with Gasteiger partial charge in [0.1, 0.15) is 0 Å². The van der Waals surface area contributed by atoms with Crippen molar-refractivity contribution in [3.05, 3.63) is 24.0 Å². The molecule has 0 spiro atoms. The molecule has 2 N–H and O–H groups in total. The van der Waals surface area contributed by atoms with E-state index >= 15 is 0 Å². The normalized spacial score (nSPS) is 29.3. The summed E-state index contributed by atoms with van der Waals surface area (Å²) in [6, 6.07) is 4.69. The topological polar surface area (TPSA) is 27.8 Å². The molecular formula is C11H18N2S. The number of aromatic amines is 1. The minimum Gasteiger partial charge on any atom is -0.364 e. The molecule has 78 valence electrons. The monoisotopic (exact) mass is 210 g/mol. The molecule has 1 aromatic heterocycles. The predicted molar refractivity (Wildman–Crippen MR) is 62.7 cm³/mol. The van der Waals surface area contributed by atoms with Gasteiger partial charge in [-0.15, -0.1) is 0 Å². The van der Waals surface area contributed by atoms with Gasteiger partial charge in [0.05, 0.1) is 6.04 Å². The molecule has 1 fully saturated rings. The van der Waals surface area contributed by atoms with Gasteiger partial charge in [-0.1, -0.05) is 0 Å². The molecule has 0 amide bonds. The molecule has 14 heavy (non-hydrogen) atoms. The van der Waals surface area contributed by atoms with Crippen LogP contribution in [0.2, 0.25) is 0 Å². The number of rotatable bonds is 3. The Hall–Kier alpha value is -0.410. The number of nitrogens with one attached hydrogen (secondary N) is 2. The number of thioether (sulfide) groups is 1. The summed E-state index contributed by atoms with van der Waals surface area (Å²) in [5.41, 5.74) is 1.31. The Morgan fingerprint density at radius 1 is 1.64 bits per heavy atom. The molecule has 0 radical (unpaired) electrons. The second kappa shape index (κ2) is 3.99. The average molecular weight is 210 g/mol. The Morgan fingerprint density at radius 3 is 3.00 bits per heavy atom. The molecule has 1 aliphatic heterocycles. The van der Waals surface area contributed by atoms with Crippen LogP contribution in [0.25, 0.3) is 0 Å². The van der Waals surface area contributed by atoms with Crippen molar-refractivity contribution >= 4 is 11.8 Å². The van der Waals surface area contributed by atoms with Crippen molar-refractivity contribution < 1.29 is 0 Å². The second-order valence-corrected chi connectivity index (χ2v) is 5.74. The van der Waals surface area contributed by atoms with Crippen LogP contribution >= 0.6 is 11.8 Å². The van der Waals surface area contributed by atoms with E-state index in [2.05, 4.69) is 48.2 Å². The molecule has 0 bridgehead atoms. The molecule has 0 aromatic carbocycles. The zero-order valence-corrected chi connectivity index (χ0v) is 9.66. The van der Waals surface area contributed by atoms with Crippen molar-refractivity contribution in [3.8, 4) is 0 Å². The molecule has 1 aliphatic rings. The van der Waals surface area contributed by atoms with E-state index in [1.165, 1.54) is 24.3 Å². The Bertz CT molecular complexity index is 275. The molecule has 3 heteroatoms. The molecule has 2 atom stereocenters. The lowest BCUT2D eigenvalue weighted by atomic mass is 9.94. The first kappa shape index (κ1) is 10.1. The highest BCUT2D eigenvalue weighted by molar-refractivity contribution is 8.00. The minimum absolute atomic E-state index is 0.361. The van der Waals surface area contributed by atoms with E-state index in [0.717, 1.165) is 0 Å². The van der Waals surface area contributed by atoms with E-state index in [1.807, 2.05) is 6.20 Å². The van der Waals surface area contributed by atoms with Gasteiger partial charge in [0.25, 0.3) is 0 Å². The first-order valence-corrected chi connectivity index (χ1v) is 6.19. The second-order valence-electron chi connectivity index (χ2n) is 4.11. The predicted octanol–water partition coefficient (Wildman–Crippen LogP) is 2.56. The zero-order chi connectivity index (χ0) is 10.0. The first-order chi connectivity index (χ1) is 6.76. The third-order valence-electron chi connectivity index (χ3n) is 3.08. The van der Waals surface area contributed by atoms with Gasteiger partial charge in [0, 0.05) is 16.6 Å². The summed E-state index contributed by atoms with van der Waals surface area (Å²) >= 11 is 2.09. The highest BCUT2D eigenvalue weighted by Crippen LogP contribution is 2.45. The van der Waals surface area contributed by atoms with Crippen LogP contribution in [0.5, 0.6) is 0 Å². The Morgan fingerprint density at radius 2 is 2.50 bits per heavy atom. The van der Waals surface area contributed by atoms with Gasteiger partial charge < -0.3 is 10.3 Å². The maximum Gasteiger partial charge on any atom is 0.0616 e. The third kappa shape index (κ3) is 1.71. The van der Waals surface area contributed by atoms with Crippen LogP contribution in [0, 0.1) is 0 Å². The fourth-order valence-electron chi connectivity index (χ4n) is 2.34. The Kier molecular flexibility index (Phi) is 2.88. The smallest absolute Gasteiger partial charge is 0.0616 e. The van der Waals surface area contributed by atoms with Crippen LogP contribution in [-0.2, 0) is 0 Å².